The number of halogens is 1. The number of hydrogen-bond acceptors (Lipinski definition) is 3. The molecule has 1 fully saturated rings. The van der Waals surface area contributed by atoms with Crippen molar-refractivity contribution in [1.29, 1.82) is 0 Å². The summed E-state index contributed by atoms with van der Waals surface area (Å²) in [5, 5.41) is 0. The molecule has 18 heavy (non-hydrogen) atoms. The molecule has 100 valence electrons. The van der Waals surface area contributed by atoms with Gasteiger partial charge in [0.2, 0.25) is 0 Å². The standard InChI is InChI=1S/C14H21BrN2O/c1-17(9-11-3-5-12(15)6-4-11)14(10-16)7-13(8-14)18-2/h3-6,13H,7-10,16H2,1-2H3. The Hall–Kier alpha value is -0.420. The summed E-state index contributed by atoms with van der Waals surface area (Å²) in [6.45, 7) is 1.63. The van der Waals surface area contributed by atoms with Gasteiger partial charge >= 0.3 is 0 Å². The summed E-state index contributed by atoms with van der Waals surface area (Å²) in [5.74, 6) is 0. The first-order chi connectivity index (χ1) is 8.59. The topological polar surface area (TPSA) is 38.5 Å². The van der Waals surface area contributed by atoms with E-state index in [0.29, 0.717) is 12.6 Å². The fraction of sp³-hybridized carbons (Fsp3) is 0.571. The Balaban J connectivity index is 1.98. The number of ether oxygens (including phenoxy) is 1. The van der Waals surface area contributed by atoms with Gasteiger partial charge in [0, 0.05) is 30.2 Å². The Labute approximate surface area is 117 Å². The molecule has 1 aliphatic carbocycles. The lowest BCUT2D eigenvalue weighted by Gasteiger charge is -2.52. The van der Waals surface area contributed by atoms with Crippen LogP contribution in [0.3, 0.4) is 0 Å². The Bertz CT molecular complexity index is 387. The molecular formula is C14H21BrN2O. The number of nitrogens with two attached hydrogens (primary N) is 1. The molecule has 2 N–H and O–H groups in total. The van der Waals surface area contributed by atoms with E-state index in [0.717, 1.165) is 23.9 Å². The SMILES string of the molecule is COC1CC(CN)(N(C)Cc2ccc(Br)cc2)C1. The van der Waals surface area contributed by atoms with E-state index in [4.69, 9.17) is 10.5 Å². The van der Waals surface area contributed by atoms with Crippen molar-refractivity contribution in [1.82, 2.24) is 4.90 Å². The van der Waals surface area contributed by atoms with Crippen LogP contribution in [0.25, 0.3) is 0 Å². The summed E-state index contributed by atoms with van der Waals surface area (Å²) in [4.78, 5) is 2.37. The summed E-state index contributed by atoms with van der Waals surface area (Å²) >= 11 is 3.46. The Morgan fingerprint density at radius 1 is 1.39 bits per heavy atom. The van der Waals surface area contributed by atoms with Crippen LogP contribution in [-0.2, 0) is 11.3 Å². The maximum absolute atomic E-state index is 5.96. The van der Waals surface area contributed by atoms with Crippen LogP contribution in [0.1, 0.15) is 18.4 Å². The molecule has 2 rings (SSSR count). The largest absolute Gasteiger partial charge is 0.381 e. The molecule has 0 aromatic heterocycles. The van der Waals surface area contributed by atoms with Gasteiger partial charge in [0.05, 0.1) is 6.10 Å². The predicted molar refractivity (Wildman–Crippen MR) is 77.4 cm³/mol. The molecule has 1 saturated carbocycles. The highest BCUT2D eigenvalue weighted by atomic mass is 79.9. The van der Waals surface area contributed by atoms with Gasteiger partial charge in [-0.3, -0.25) is 4.90 Å². The van der Waals surface area contributed by atoms with Gasteiger partial charge in [-0.05, 0) is 37.6 Å². The maximum atomic E-state index is 5.96. The van der Waals surface area contributed by atoms with E-state index in [2.05, 4.69) is 52.1 Å². The zero-order valence-corrected chi connectivity index (χ0v) is 12.6. The second-order valence-corrected chi connectivity index (χ2v) is 6.09. The van der Waals surface area contributed by atoms with Crippen molar-refractivity contribution >= 4 is 15.9 Å². The molecule has 0 amide bonds. The highest BCUT2D eigenvalue weighted by molar-refractivity contribution is 9.10. The van der Waals surface area contributed by atoms with Crippen LogP contribution in [0.2, 0.25) is 0 Å². The normalized spacial score (nSPS) is 27.3. The van der Waals surface area contributed by atoms with Crippen molar-refractivity contribution in [2.75, 3.05) is 20.7 Å². The summed E-state index contributed by atoms with van der Waals surface area (Å²) in [5.41, 5.74) is 7.39. The molecular weight excluding hydrogens is 292 g/mol. The molecule has 0 spiro atoms. The third-order valence-electron chi connectivity index (χ3n) is 4.07. The fourth-order valence-electron chi connectivity index (χ4n) is 2.62. The number of methoxy groups -OCH3 is 1. The fourth-order valence-corrected chi connectivity index (χ4v) is 2.88. The third kappa shape index (κ3) is 2.77. The van der Waals surface area contributed by atoms with Crippen molar-refractivity contribution in [3.8, 4) is 0 Å². The molecule has 0 radical (unpaired) electrons. The van der Waals surface area contributed by atoms with Crippen molar-refractivity contribution in [2.45, 2.75) is 31.0 Å². The van der Waals surface area contributed by atoms with Gasteiger partial charge in [-0.25, -0.2) is 0 Å². The molecule has 0 heterocycles. The van der Waals surface area contributed by atoms with Gasteiger partial charge in [0.25, 0.3) is 0 Å². The van der Waals surface area contributed by atoms with Crippen molar-refractivity contribution in [3.05, 3.63) is 34.3 Å². The lowest BCUT2D eigenvalue weighted by atomic mass is 9.73. The number of rotatable bonds is 5. The summed E-state index contributed by atoms with van der Waals surface area (Å²) in [6.07, 6.45) is 2.45. The molecule has 0 unspecified atom stereocenters. The maximum Gasteiger partial charge on any atom is 0.0607 e. The van der Waals surface area contributed by atoms with Crippen LogP contribution in [0, 0.1) is 0 Å². The van der Waals surface area contributed by atoms with E-state index >= 15 is 0 Å². The first-order valence-electron chi connectivity index (χ1n) is 6.28. The molecule has 0 aliphatic heterocycles. The van der Waals surface area contributed by atoms with Crippen molar-refractivity contribution in [2.24, 2.45) is 5.73 Å². The van der Waals surface area contributed by atoms with Gasteiger partial charge in [-0.1, -0.05) is 28.1 Å². The molecule has 0 atom stereocenters. The van der Waals surface area contributed by atoms with Crippen molar-refractivity contribution < 1.29 is 4.74 Å². The van der Waals surface area contributed by atoms with E-state index in [-0.39, 0.29) is 5.54 Å². The number of nitrogens with zero attached hydrogens (tertiary/aromatic N) is 1. The Morgan fingerprint density at radius 3 is 2.50 bits per heavy atom. The smallest absolute Gasteiger partial charge is 0.0607 e. The summed E-state index contributed by atoms with van der Waals surface area (Å²) in [6, 6.07) is 8.46. The van der Waals surface area contributed by atoms with E-state index in [1.165, 1.54) is 5.56 Å². The molecule has 1 aromatic carbocycles. The second kappa shape index (κ2) is 5.70. The molecule has 0 bridgehead atoms. The minimum atomic E-state index is 0.119. The molecule has 1 aromatic rings. The lowest BCUT2D eigenvalue weighted by Crippen LogP contribution is -2.62. The van der Waals surface area contributed by atoms with Crippen LogP contribution >= 0.6 is 15.9 Å². The first-order valence-corrected chi connectivity index (χ1v) is 7.07. The number of likely N-dealkylation sites (N-methyl/N-ethyl adjacent to an activating group) is 1. The molecule has 1 aliphatic rings. The third-order valence-corrected chi connectivity index (χ3v) is 4.60. The zero-order valence-electron chi connectivity index (χ0n) is 11.0. The quantitative estimate of drug-likeness (QED) is 0.907. The Kier molecular flexibility index (Phi) is 4.43. The average Bonchev–Trinajstić information content (AvgIpc) is 2.32. The summed E-state index contributed by atoms with van der Waals surface area (Å²) in [7, 11) is 3.93. The van der Waals surface area contributed by atoms with Crippen LogP contribution in [-0.4, -0.2) is 37.2 Å². The highest BCUT2D eigenvalue weighted by Crippen LogP contribution is 2.38. The van der Waals surface area contributed by atoms with Crippen molar-refractivity contribution in [3.63, 3.8) is 0 Å². The second-order valence-electron chi connectivity index (χ2n) is 5.18. The van der Waals surface area contributed by atoms with Gasteiger partial charge in [0.15, 0.2) is 0 Å². The zero-order chi connectivity index (χ0) is 13.2. The van der Waals surface area contributed by atoms with Gasteiger partial charge in [0.1, 0.15) is 0 Å². The van der Waals surface area contributed by atoms with Gasteiger partial charge in [-0.2, -0.15) is 0 Å². The molecule has 0 saturated heterocycles. The van der Waals surface area contributed by atoms with Crippen LogP contribution < -0.4 is 5.73 Å². The van der Waals surface area contributed by atoms with Crippen LogP contribution in [0.4, 0.5) is 0 Å². The van der Waals surface area contributed by atoms with E-state index < -0.39 is 0 Å². The highest BCUT2D eigenvalue weighted by Gasteiger charge is 2.46. The minimum absolute atomic E-state index is 0.119. The van der Waals surface area contributed by atoms with Crippen LogP contribution in [0.5, 0.6) is 0 Å². The minimum Gasteiger partial charge on any atom is -0.381 e. The van der Waals surface area contributed by atoms with Gasteiger partial charge in [-0.15, -0.1) is 0 Å². The Morgan fingerprint density at radius 2 is 2.00 bits per heavy atom. The lowest BCUT2D eigenvalue weighted by molar-refractivity contribution is -0.0811. The molecule has 4 heteroatoms. The molecule has 3 nitrogen and oxygen atoms in total. The number of benzene rings is 1. The number of hydrogen-bond donors (Lipinski definition) is 1. The van der Waals surface area contributed by atoms with Crippen LogP contribution in [0.15, 0.2) is 28.7 Å². The average molecular weight is 313 g/mol. The monoisotopic (exact) mass is 312 g/mol. The van der Waals surface area contributed by atoms with E-state index in [1.54, 1.807) is 7.11 Å². The predicted octanol–water partition coefficient (Wildman–Crippen LogP) is 2.39. The van der Waals surface area contributed by atoms with E-state index in [9.17, 15) is 0 Å². The van der Waals surface area contributed by atoms with Gasteiger partial charge < -0.3 is 10.5 Å². The first kappa shape index (κ1) is 14.0. The summed E-state index contributed by atoms with van der Waals surface area (Å²) < 4.78 is 6.49. The van der Waals surface area contributed by atoms with E-state index in [1.807, 2.05) is 0 Å².